The van der Waals surface area contributed by atoms with Crippen molar-refractivity contribution in [2.45, 2.75) is 64.9 Å². The van der Waals surface area contributed by atoms with E-state index in [4.69, 9.17) is 14.2 Å². The number of nitrogens with zero attached hydrogens (tertiary/aromatic N) is 1. The SMILES string of the molecule is CC[C@H](CC[C@H](CC(=O)CCc1ccc(Oc2cccc(O)c2)c(OC)c1)OC(C)=O)CC1=CCN=C1. The van der Waals surface area contributed by atoms with Crippen molar-refractivity contribution < 1.29 is 28.9 Å². The van der Waals surface area contributed by atoms with Crippen LogP contribution in [0.2, 0.25) is 0 Å². The van der Waals surface area contributed by atoms with E-state index in [2.05, 4.69) is 18.0 Å². The number of hydrogen-bond donors (Lipinski definition) is 1. The summed E-state index contributed by atoms with van der Waals surface area (Å²) in [6.45, 7) is 4.31. The number of phenols is 1. The first kappa shape index (κ1) is 28.0. The number of allylic oxidation sites excluding steroid dienone is 1. The van der Waals surface area contributed by atoms with Crippen LogP contribution >= 0.6 is 0 Å². The van der Waals surface area contributed by atoms with Crippen LogP contribution in [0.4, 0.5) is 0 Å². The summed E-state index contributed by atoms with van der Waals surface area (Å²) in [5, 5.41) is 9.65. The monoisotopic (exact) mass is 507 g/mol. The predicted octanol–water partition coefficient (Wildman–Crippen LogP) is 6.22. The van der Waals surface area contributed by atoms with Gasteiger partial charge in [0.1, 0.15) is 23.4 Å². The van der Waals surface area contributed by atoms with Gasteiger partial charge in [0, 0.05) is 32.0 Å². The zero-order chi connectivity index (χ0) is 26.6. The maximum absolute atomic E-state index is 12.8. The number of benzene rings is 2. The Morgan fingerprint density at radius 2 is 1.95 bits per heavy atom. The molecule has 2 aromatic carbocycles. The van der Waals surface area contributed by atoms with Gasteiger partial charge in [-0.25, -0.2) is 0 Å². The van der Waals surface area contributed by atoms with Crippen LogP contribution in [0.3, 0.4) is 0 Å². The third-order valence-electron chi connectivity index (χ3n) is 6.47. The van der Waals surface area contributed by atoms with E-state index in [1.165, 1.54) is 18.6 Å². The average Bonchev–Trinajstić information content (AvgIpc) is 3.38. The molecule has 3 rings (SSSR count). The van der Waals surface area contributed by atoms with Crippen molar-refractivity contribution in [1.29, 1.82) is 0 Å². The number of esters is 1. The van der Waals surface area contributed by atoms with E-state index in [0.29, 0.717) is 42.4 Å². The third-order valence-corrected chi connectivity index (χ3v) is 6.47. The second-order valence-corrected chi connectivity index (χ2v) is 9.39. The van der Waals surface area contributed by atoms with Crippen LogP contribution in [-0.2, 0) is 20.7 Å². The number of ketones is 1. The lowest BCUT2D eigenvalue weighted by Crippen LogP contribution is -2.22. The maximum atomic E-state index is 12.8. The second kappa shape index (κ2) is 14.2. The molecule has 0 aliphatic carbocycles. The van der Waals surface area contributed by atoms with Gasteiger partial charge in [-0.2, -0.15) is 0 Å². The smallest absolute Gasteiger partial charge is 0.302 e. The molecular formula is C30H37NO6. The number of Topliss-reactive ketones (excluding diaryl/α,β-unsaturated/α-hetero) is 1. The molecule has 37 heavy (non-hydrogen) atoms. The summed E-state index contributed by atoms with van der Waals surface area (Å²) < 4.78 is 16.8. The fourth-order valence-electron chi connectivity index (χ4n) is 4.44. The number of aryl methyl sites for hydroxylation is 1. The lowest BCUT2D eigenvalue weighted by molar-refractivity contribution is -0.148. The van der Waals surface area contributed by atoms with Crippen LogP contribution in [0.15, 0.2) is 59.1 Å². The van der Waals surface area contributed by atoms with Crippen molar-refractivity contribution in [2.75, 3.05) is 13.7 Å². The average molecular weight is 508 g/mol. The highest BCUT2D eigenvalue weighted by Crippen LogP contribution is 2.33. The molecule has 7 nitrogen and oxygen atoms in total. The van der Waals surface area contributed by atoms with Gasteiger partial charge in [0.25, 0.3) is 0 Å². The van der Waals surface area contributed by atoms with Crippen LogP contribution in [0.25, 0.3) is 0 Å². The van der Waals surface area contributed by atoms with Gasteiger partial charge in [0.2, 0.25) is 0 Å². The normalized spacial score (nSPS) is 14.1. The van der Waals surface area contributed by atoms with Gasteiger partial charge < -0.3 is 19.3 Å². The second-order valence-electron chi connectivity index (χ2n) is 9.39. The van der Waals surface area contributed by atoms with E-state index in [1.54, 1.807) is 31.4 Å². The minimum atomic E-state index is -0.405. The molecular weight excluding hydrogens is 470 g/mol. The molecule has 0 aromatic heterocycles. The van der Waals surface area contributed by atoms with Crippen LogP contribution in [0.1, 0.15) is 57.9 Å². The first-order valence-corrected chi connectivity index (χ1v) is 12.9. The quantitative estimate of drug-likeness (QED) is 0.288. The van der Waals surface area contributed by atoms with E-state index in [9.17, 15) is 14.7 Å². The molecule has 0 unspecified atom stereocenters. The van der Waals surface area contributed by atoms with Gasteiger partial charge in [0.05, 0.1) is 13.7 Å². The standard InChI is InChI=1S/C30H37NO6/c1-4-22(16-24-14-15-31-20-24)9-12-28(36-21(2)32)19-26(34)11-8-23-10-13-29(30(17-23)35-3)37-27-7-5-6-25(33)18-27/h5-7,10,13-14,17-18,20,22,28,33H,4,8-9,11-12,15-16,19H2,1-3H3/t22-,28-/m1/s1. The number of aliphatic imine (C=N–C) groups is 1. The zero-order valence-corrected chi connectivity index (χ0v) is 21.9. The molecule has 1 heterocycles. The molecule has 2 aromatic rings. The van der Waals surface area contributed by atoms with Crippen LogP contribution < -0.4 is 9.47 Å². The molecule has 1 aliphatic rings. The van der Waals surface area contributed by atoms with Gasteiger partial charge in [-0.3, -0.25) is 14.6 Å². The molecule has 2 atom stereocenters. The third kappa shape index (κ3) is 9.41. The molecule has 198 valence electrons. The van der Waals surface area contributed by atoms with Crippen LogP contribution in [-0.4, -0.2) is 42.8 Å². The van der Waals surface area contributed by atoms with Crippen molar-refractivity contribution >= 4 is 18.0 Å². The van der Waals surface area contributed by atoms with Crippen molar-refractivity contribution in [3.8, 4) is 23.0 Å². The number of ether oxygens (including phenoxy) is 3. The Labute approximate surface area is 219 Å². The van der Waals surface area contributed by atoms with E-state index in [-0.39, 0.29) is 23.9 Å². The molecule has 0 saturated carbocycles. The molecule has 0 amide bonds. The Hall–Kier alpha value is -3.61. The minimum absolute atomic E-state index is 0.0592. The molecule has 0 radical (unpaired) electrons. The predicted molar refractivity (Wildman–Crippen MR) is 144 cm³/mol. The molecule has 1 N–H and O–H groups in total. The summed E-state index contributed by atoms with van der Waals surface area (Å²) >= 11 is 0. The maximum Gasteiger partial charge on any atom is 0.302 e. The first-order valence-electron chi connectivity index (χ1n) is 12.9. The van der Waals surface area contributed by atoms with E-state index >= 15 is 0 Å². The lowest BCUT2D eigenvalue weighted by atomic mass is 9.90. The Morgan fingerprint density at radius 1 is 1.11 bits per heavy atom. The number of methoxy groups -OCH3 is 1. The van der Waals surface area contributed by atoms with Gasteiger partial charge >= 0.3 is 5.97 Å². The summed E-state index contributed by atoms with van der Waals surface area (Å²) in [5.41, 5.74) is 2.20. The van der Waals surface area contributed by atoms with Crippen molar-refractivity contribution in [3.63, 3.8) is 0 Å². The fourth-order valence-corrected chi connectivity index (χ4v) is 4.44. The van der Waals surface area contributed by atoms with Crippen molar-refractivity contribution in [3.05, 3.63) is 59.7 Å². The molecule has 7 heteroatoms. The van der Waals surface area contributed by atoms with E-state index in [1.807, 2.05) is 18.3 Å². The highest BCUT2D eigenvalue weighted by atomic mass is 16.5. The van der Waals surface area contributed by atoms with E-state index in [0.717, 1.165) is 31.4 Å². The van der Waals surface area contributed by atoms with Gasteiger partial charge in [-0.15, -0.1) is 0 Å². The minimum Gasteiger partial charge on any atom is -0.508 e. The number of hydrogen-bond acceptors (Lipinski definition) is 7. The molecule has 0 bridgehead atoms. The Bertz CT molecular complexity index is 1120. The summed E-state index contributed by atoms with van der Waals surface area (Å²) in [5.74, 6) is 1.84. The highest BCUT2D eigenvalue weighted by molar-refractivity contribution is 5.81. The fraction of sp³-hybridized carbons (Fsp3) is 0.433. The number of rotatable bonds is 15. The number of carbonyl (C=O) groups excluding carboxylic acids is 2. The highest BCUT2D eigenvalue weighted by Gasteiger charge is 2.20. The summed E-state index contributed by atoms with van der Waals surface area (Å²) in [4.78, 5) is 28.7. The van der Waals surface area contributed by atoms with Crippen LogP contribution in [0, 0.1) is 5.92 Å². The number of carbonyl (C=O) groups is 2. The van der Waals surface area contributed by atoms with Gasteiger partial charge in [-0.1, -0.05) is 31.6 Å². The largest absolute Gasteiger partial charge is 0.508 e. The Kier molecular flexibility index (Phi) is 10.7. The summed E-state index contributed by atoms with van der Waals surface area (Å²) in [7, 11) is 1.56. The summed E-state index contributed by atoms with van der Waals surface area (Å²) in [6.07, 6.45) is 8.34. The Morgan fingerprint density at radius 3 is 2.62 bits per heavy atom. The van der Waals surface area contributed by atoms with Crippen molar-refractivity contribution in [2.24, 2.45) is 10.9 Å². The van der Waals surface area contributed by atoms with Crippen LogP contribution in [0.5, 0.6) is 23.0 Å². The lowest BCUT2D eigenvalue weighted by Gasteiger charge is -2.20. The summed E-state index contributed by atoms with van der Waals surface area (Å²) in [6, 6.07) is 12.1. The number of aromatic hydroxyl groups is 1. The number of phenolic OH excluding ortho intramolecular Hbond substituents is 1. The molecule has 0 spiro atoms. The first-order chi connectivity index (χ1) is 17.9. The molecule has 0 saturated heterocycles. The molecule has 0 fully saturated rings. The molecule has 1 aliphatic heterocycles. The van der Waals surface area contributed by atoms with Crippen molar-refractivity contribution in [1.82, 2.24) is 0 Å². The van der Waals surface area contributed by atoms with E-state index < -0.39 is 6.10 Å². The van der Waals surface area contributed by atoms with Gasteiger partial charge in [0.15, 0.2) is 11.5 Å². The van der Waals surface area contributed by atoms with Gasteiger partial charge in [-0.05, 0) is 67.0 Å². The topological polar surface area (TPSA) is 94.4 Å². The Balaban J connectivity index is 1.53. The zero-order valence-electron chi connectivity index (χ0n) is 21.9.